The minimum atomic E-state index is -0.633. The van der Waals surface area contributed by atoms with Crippen molar-refractivity contribution in [3.05, 3.63) is 0 Å². The van der Waals surface area contributed by atoms with E-state index in [2.05, 4.69) is 37.9 Å². The fraction of sp³-hybridized carbons (Fsp3) is 1.00. The highest BCUT2D eigenvalue weighted by Crippen LogP contribution is 2.33. The largest absolute Gasteiger partial charge is 0.357 e. The molecule has 0 amide bonds. The van der Waals surface area contributed by atoms with Crippen LogP contribution in [0.2, 0.25) is 0 Å². The van der Waals surface area contributed by atoms with Gasteiger partial charge in [0.15, 0.2) is 14.8 Å². The Bertz CT molecular complexity index is 245. The Morgan fingerprint density at radius 3 is 1.94 bits per heavy atom. The maximum atomic E-state index is 10.7. The average Bonchev–Trinajstić information content (AvgIpc) is 2.37. The van der Waals surface area contributed by atoms with Crippen molar-refractivity contribution in [2.75, 3.05) is 6.16 Å². The fourth-order valence-corrected chi connectivity index (χ4v) is 3.25. The molecule has 0 radical (unpaired) electrons. The molecule has 0 aromatic rings. The number of hydrogen-bond donors (Lipinski definition) is 0. The van der Waals surface area contributed by atoms with Gasteiger partial charge in [-0.05, 0) is 0 Å². The van der Waals surface area contributed by atoms with E-state index in [-0.39, 0.29) is 14.6 Å². The van der Waals surface area contributed by atoms with E-state index in [1.165, 1.54) is 0 Å². The molecule has 1 heterocycles. The fourth-order valence-electron chi connectivity index (χ4n) is 1.67. The van der Waals surface area contributed by atoms with Crippen LogP contribution in [0.1, 0.15) is 0 Å². The number of hydrogen-bond acceptors (Lipinski definition) is 6. The smallest absolute Gasteiger partial charge is 0.190 e. The van der Waals surface area contributed by atoms with Crippen molar-refractivity contribution >= 4 is 46.3 Å². The first-order valence-corrected chi connectivity index (χ1v) is 7.48. The first-order chi connectivity index (χ1) is 8.23. The van der Waals surface area contributed by atoms with Crippen molar-refractivity contribution in [2.45, 2.75) is 30.7 Å². The van der Waals surface area contributed by atoms with Gasteiger partial charge >= 0.3 is 0 Å². The van der Waals surface area contributed by atoms with Gasteiger partial charge in [0.2, 0.25) is 0 Å². The zero-order valence-corrected chi connectivity index (χ0v) is 14.3. The second-order valence-corrected chi connectivity index (χ2v) is 5.00. The summed E-state index contributed by atoms with van der Waals surface area (Å²) in [7, 11) is 8.55. The first-order valence-electron chi connectivity index (χ1n) is 4.60. The van der Waals surface area contributed by atoms with Gasteiger partial charge in [-0.2, -0.15) is 0 Å². The quantitative estimate of drug-likeness (QED) is 0.681. The molecule has 1 aliphatic heterocycles. The van der Waals surface area contributed by atoms with E-state index in [0.717, 1.165) is 0 Å². The van der Waals surface area contributed by atoms with E-state index in [1.807, 2.05) is 0 Å². The summed E-state index contributed by atoms with van der Waals surface area (Å²) in [4.78, 5) is 0. The van der Waals surface area contributed by atoms with E-state index in [1.54, 1.807) is 0 Å². The molecule has 0 aromatic heterocycles. The topological polar surface area (TPSA) is 63.2 Å². The second-order valence-electron chi connectivity index (χ2n) is 3.29. The Kier molecular flexibility index (Phi) is 8.56. The molecule has 17 heavy (non-hydrogen) atoms. The lowest BCUT2D eigenvalue weighted by Crippen LogP contribution is -2.58. The van der Waals surface area contributed by atoms with E-state index >= 15 is 0 Å². The molecule has 1 saturated heterocycles. The van der Waals surface area contributed by atoms with Crippen LogP contribution in [-0.2, 0) is 27.4 Å². The predicted molar refractivity (Wildman–Crippen MR) is 75.7 cm³/mol. The third-order valence-corrected chi connectivity index (χ3v) is 4.17. The van der Waals surface area contributed by atoms with Crippen molar-refractivity contribution in [1.82, 2.24) is 0 Å². The van der Waals surface area contributed by atoms with Crippen LogP contribution in [0.15, 0.2) is 0 Å². The van der Waals surface area contributed by atoms with Gasteiger partial charge in [-0.3, -0.25) is 4.57 Å². The third kappa shape index (κ3) is 4.04. The van der Waals surface area contributed by atoms with Gasteiger partial charge in [-0.25, -0.2) is 0 Å². The van der Waals surface area contributed by atoms with E-state index < -0.39 is 30.7 Å². The summed E-state index contributed by atoms with van der Waals surface area (Å²) >= 11 is 0. The zero-order chi connectivity index (χ0) is 12.8. The summed E-state index contributed by atoms with van der Waals surface area (Å²) < 4.78 is 37.1. The van der Waals surface area contributed by atoms with Gasteiger partial charge in [0.1, 0.15) is 24.4 Å². The lowest BCUT2D eigenvalue weighted by atomic mass is 10.00. The van der Waals surface area contributed by atoms with Gasteiger partial charge in [-0.15, -0.1) is 0 Å². The van der Waals surface area contributed by atoms with Crippen molar-refractivity contribution < 1.29 is 27.4 Å². The Balaban J connectivity index is 2.87. The van der Waals surface area contributed by atoms with Gasteiger partial charge in [0, 0.05) is 37.9 Å². The molecule has 0 aliphatic carbocycles. The summed E-state index contributed by atoms with van der Waals surface area (Å²) in [5, 5.41) is 0. The summed E-state index contributed by atoms with van der Waals surface area (Å²) in [6, 6.07) is 0. The van der Waals surface area contributed by atoms with Gasteiger partial charge in [-0.1, -0.05) is 0 Å². The molecule has 0 spiro atoms. The van der Waals surface area contributed by atoms with Crippen LogP contribution in [-0.4, -0.2) is 36.9 Å². The van der Waals surface area contributed by atoms with Crippen molar-refractivity contribution in [3.8, 4) is 0 Å². The molecule has 0 bridgehead atoms. The minimum absolute atomic E-state index is 0.0281. The Hall–Kier alpha value is 1.62. The standard InChI is InChI=1S/C6H15O6P5/c7-17-1-2-3(9-13)4(10-14)5(11-15)6(8-2)12-16/h2-6H,1,13-16H2/t2-,3?,4+,5?,6?/m1/s1. The highest BCUT2D eigenvalue weighted by atomic mass is 31.1. The van der Waals surface area contributed by atoms with Crippen LogP contribution in [0, 0.1) is 0 Å². The highest BCUT2D eigenvalue weighted by molar-refractivity contribution is 7.23. The van der Waals surface area contributed by atoms with Gasteiger partial charge in [0.25, 0.3) is 0 Å². The van der Waals surface area contributed by atoms with Crippen molar-refractivity contribution in [2.24, 2.45) is 0 Å². The number of rotatable bonds is 6. The van der Waals surface area contributed by atoms with E-state index in [4.69, 9.17) is 22.8 Å². The van der Waals surface area contributed by atoms with Crippen LogP contribution < -0.4 is 0 Å². The summed E-state index contributed by atoms with van der Waals surface area (Å²) in [6.07, 6.45) is -2.05. The molecule has 6 nitrogen and oxygen atoms in total. The molecule has 1 rings (SSSR count). The number of ether oxygens (including phenoxy) is 1. The van der Waals surface area contributed by atoms with Crippen LogP contribution in [0.4, 0.5) is 0 Å². The SMILES string of the molecule is O=PC[C@H]1OC(OP)C(OP)[C@@H](OP)C1OP. The zero-order valence-electron chi connectivity index (χ0n) is 8.80. The average molecular weight is 338 g/mol. The maximum Gasteiger partial charge on any atom is 0.190 e. The molecule has 0 N–H and O–H groups in total. The Morgan fingerprint density at radius 2 is 1.53 bits per heavy atom. The van der Waals surface area contributed by atoms with Crippen molar-refractivity contribution in [1.29, 1.82) is 0 Å². The minimum Gasteiger partial charge on any atom is -0.357 e. The maximum absolute atomic E-state index is 10.7. The van der Waals surface area contributed by atoms with Crippen LogP contribution in [0.3, 0.4) is 0 Å². The molecule has 100 valence electrons. The van der Waals surface area contributed by atoms with Crippen LogP contribution >= 0.6 is 46.3 Å². The molecule has 1 fully saturated rings. The molecule has 7 unspecified atom stereocenters. The third-order valence-electron chi connectivity index (χ3n) is 2.45. The second kappa shape index (κ2) is 8.72. The molecule has 0 saturated carbocycles. The molecular weight excluding hydrogens is 323 g/mol. The molecule has 11 heteroatoms. The highest BCUT2D eigenvalue weighted by Gasteiger charge is 2.47. The predicted octanol–water partition coefficient (Wildman–Crippen LogP) is 1.34. The molecule has 1 aliphatic rings. The van der Waals surface area contributed by atoms with Crippen LogP contribution in [0.5, 0.6) is 0 Å². The first kappa shape index (κ1) is 16.7. The lowest BCUT2D eigenvalue weighted by molar-refractivity contribution is -0.241. The normalized spacial score (nSPS) is 38.5. The molecule has 0 aromatic carbocycles. The monoisotopic (exact) mass is 338 g/mol. The lowest BCUT2D eigenvalue weighted by Gasteiger charge is -2.43. The summed E-state index contributed by atoms with van der Waals surface area (Å²) in [5.74, 6) is 0. The van der Waals surface area contributed by atoms with Crippen molar-refractivity contribution in [3.63, 3.8) is 0 Å². The Morgan fingerprint density at radius 1 is 0.941 bits per heavy atom. The summed E-state index contributed by atoms with van der Waals surface area (Å²) in [6.45, 7) is 0. The molecule has 9 atom stereocenters. The van der Waals surface area contributed by atoms with Crippen LogP contribution in [0.25, 0.3) is 0 Å². The van der Waals surface area contributed by atoms with E-state index in [9.17, 15) is 4.57 Å². The molecular formula is C6H15O6P5. The summed E-state index contributed by atoms with van der Waals surface area (Å²) in [5.41, 5.74) is 0. The Labute approximate surface area is 111 Å². The van der Waals surface area contributed by atoms with E-state index in [0.29, 0.717) is 0 Å². The van der Waals surface area contributed by atoms with Gasteiger partial charge < -0.3 is 22.8 Å². The van der Waals surface area contributed by atoms with Gasteiger partial charge in [0.05, 0.1) is 6.16 Å².